The van der Waals surface area contributed by atoms with Crippen molar-refractivity contribution < 1.29 is 14.3 Å². The van der Waals surface area contributed by atoms with Gasteiger partial charge in [0.15, 0.2) is 0 Å². The number of benzene rings is 1. The molecule has 6 heteroatoms. The zero-order valence-corrected chi connectivity index (χ0v) is 13.7. The first-order valence-corrected chi connectivity index (χ1v) is 7.92. The van der Waals surface area contributed by atoms with E-state index in [0.29, 0.717) is 22.9 Å². The molecule has 2 saturated heterocycles. The van der Waals surface area contributed by atoms with E-state index in [1.165, 1.54) is 0 Å². The van der Waals surface area contributed by atoms with E-state index in [0.717, 1.165) is 26.1 Å². The van der Waals surface area contributed by atoms with Crippen molar-refractivity contribution in [3.05, 3.63) is 28.8 Å². The first-order chi connectivity index (χ1) is 10.6. The molecule has 0 unspecified atom stereocenters. The van der Waals surface area contributed by atoms with Crippen LogP contribution in [-0.2, 0) is 4.74 Å². The van der Waals surface area contributed by atoms with Crippen LogP contribution in [0.25, 0.3) is 0 Å². The van der Waals surface area contributed by atoms with Gasteiger partial charge in [-0.2, -0.15) is 0 Å². The van der Waals surface area contributed by atoms with E-state index in [4.69, 9.17) is 21.1 Å². The Morgan fingerprint density at radius 1 is 1.41 bits per heavy atom. The number of rotatable bonds is 2. The van der Waals surface area contributed by atoms with Crippen molar-refractivity contribution in [2.45, 2.75) is 18.6 Å². The fraction of sp³-hybridized carbons (Fsp3) is 0.562. The molecule has 2 fully saturated rings. The second kappa shape index (κ2) is 6.44. The molecule has 1 aromatic rings. The van der Waals surface area contributed by atoms with Crippen molar-refractivity contribution in [2.24, 2.45) is 0 Å². The lowest BCUT2D eigenvalue weighted by Crippen LogP contribution is -2.59. The average molecular weight is 325 g/mol. The molecule has 0 N–H and O–H groups in total. The molecule has 0 aliphatic carbocycles. The first kappa shape index (κ1) is 15.6. The highest BCUT2D eigenvalue weighted by Crippen LogP contribution is 2.27. The number of hydrogen-bond donors (Lipinski definition) is 0. The van der Waals surface area contributed by atoms with Crippen LogP contribution in [0, 0.1) is 0 Å². The molecule has 0 bridgehead atoms. The zero-order chi connectivity index (χ0) is 15.7. The molecule has 1 aromatic carbocycles. The number of amides is 1. The topological polar surface area (TPSA) is 42.0 Å². The van der Waals surface area contributed by atoms with Gasteiger partial charge in [-0.15, -0.1) is 0 Å². The van der Waals surface area contributed by atoms with Crippen molar-refractivity contribution in [3.63, 3.8) is 0 Å². The minimum atomic E-state index is 0.0207. The van der Waals surface area contributed by atoms with Crippen LogP contribution in [0.4, 0.5) is 0 Å². The van der Waals surface area contributed by atoms with Gasteiger partial charge in [0.1, 0.15) is 5.75 Å². The van der Waals surface area contributed by atoms with Crippen molar-refractivity contribution in [1.29, 1.82) is 0 Å². The quantitative estimate of drug-likeness (QED) is 0.833. The molecule has 0 aromatic heterocycles. The van der Waals surface area contributed by atoms with E-state index in [2.05, 4.69) is 11.9 Å². The van der Waals surface area contributed by atoms with E-state index in [1.54, 1.807) is 25.3 Å². The number of halogens is 1. The third kappa shape index (κ3) is 2.93. The smallest absolute Gasteiger partial charge is 0.254 e. The number of methoxy groups -OCH3 is 1. The minimum absolute atomic E-state index is 0.0207. The first-order valence-electron chi connectivity index (χ1n) is 7.55. The van der Waals surface area contributed by atoms with Gasteiger partial charge >= 0.3 is 0 Å². The average Bonchev–Trinajstić information content (AvgIpc) is 2.55. The Bertz CT molecular complexity index is 566. The van der Waals surface area contributed by atoms with Gasteiger partial charge in [0.25, 0.3) is 5.91 Å². The Kier molecular flexibility index (Phi) is 4.57. The number of likely N-dealkylation sites (N-methyl/N-ethyl adjacent to an activating group) is 1. The van der Waals surface area contributed by atoms with Gasteiger partial charge in [0, 0.05) is 25.2 Å². The molecular formula is C16H21ClN2O3. The summed E-state index contributed by atoms with van der Waals surface area (Å²) in [6.07, 6.45) is 1.12. The highest BCUT2D eigenvalue weighted by Gasteiger charge is 2.37. The van der Waals surface area contributed by atoms with Crippen LogP contribution in [0.1, 0.15) is 16.8 Å². The number of likely N-dealkylation sites (tertiary alicyclic amines) is 1. The molecule has 5 nitrogen and oxygen atoms in total. The third-order valence-electron chi connectivity index (χ3n) is 4.55. The van der Waals surface area contributed by atoms with E-state index in [1.807, 2.05) is 4.90 Å². The van der Waals surface area contributed by atoms with Crippen molar-refractivity contribution in [2.75, 3.05) is 40.4 Å². The zero-order valence-electron chi connectivity index (χ0n) is 12.9. The van der Waals surface area contributed by atoms with E-state index < -0.39 is 0 Å². The van der Waals surface area contributed by atoms with Gasteiger partial charge in [-0.3, -0.25) is 9.69 Å². The van der Waals surface area contributed by atoms with Gasteiger partial charge in [-0.25, -0.2) is 0 Å². The third-order valence-corrected chi connectivity index (χ3v) is 4.86. The van der Waals surface area contributed by atoms with Gasteiger partial charge < -0.3 is 14.4 Å². The molecule has 2 aliphatic heterocycles. The summed E-state index contributed by atoms with van der Waals surface area (Å²) in [6.45, 7) is 3.11. The molecule has 0 saturated carbocycles. The Morgan fingerprint density at radius 3 is 3.00 bits per heavy atom. The van der Waals surface area contributed by atoms with Gasteiger partial charge in [-0.05, 0) is 31.7 Å². The van der Waals surface area contributed by atoms with Crippen LogP contribution in [0.3, 0.4) is 0 Å². The Morgan fingerprint density at radius 2 is 2.23 bits per heavy atom. The predicted molar refractivity (Wildman–Crippen MR) is 84.7 cm³/mol. The van der Waals surface area contributed by atoms with Crippen molar-refractivity contribution in [3.8, 4) is 5.75 Å². The van der Waals surface area contributed by atoms with Crippen LogP contribution in [0.15, 0.2) is 18.2 Å². The maximum absolute atomic E-state index is 12.7. The highest BCUT2D eigenvalue weighted by atomic mass is 35.5. The fourth-order valence-corrected chi connectivity index (χ4v) is 3.40. The molecule has 1 amide bonds. The van der Waals surface area contributed by atoms with E-state index >= 15 is 0 Å². The minimum Gasteiger partial charge on any atom is -0.495 e. The summed E-state index contributed by atoms with van der Waals surface area (Å²) in [7, 11) is 3.65. The molecule has 120 valence electrons. The summed E-state index contributed by atoms with van der Waals surface area (Å²) in [5.41, 5.74) is 0.610. The number of hydrogen-bond acceptors (Lipinski definition) is 4. The lowest BCUT2D eigenvalue weighted by atomic mass is 9.98. The summed E-state index contributed by atoms with van der Waals surface area (Å²) < 4.78 is 11.0. The standard InChI is InChI=1S/C16H21ClN2O3/c1-18-7-8-22-14-5-6-19(10-13(14)18)16(20)11-3-4-12(17)15(9-11)21-2/h3-4,9,13-14H,5-8,10H2,1-2H3/t13-,14-/m1/s1. The van der Waals surface area contributed by atoms with Crippen LogP contribution < -0.4 is 4.74 Å². The number of fused-ring (bicyclic) bond motifs is 1. The fourth-order valence-electron chi connectivity index (χ4n) is 3.20. The van der Waals surface area contributed by atoms with Crippen LogP contribution >= 0.6 is 11.6 Å². The second-order valence-corrected chi connectivity index (χ2v) is 6.25. The summed E-state index contributed by atoms with van der Waals surface area (Å²) >= 11 is 6.02. The Hall–Kier alpha value is -1.30. The maximum atomic E-state index is 12.7. The molecule has 22 heavy (non-hydrogen) atoms. The number of ether oxygens (including phenoxy) is 2. The second-order valence-electron chi connectivity index (χ2n) is 5.85. The maximum Gasteiger partial charge on any atom is 0.254 e. The normalized spacial score (nSPS) is 25.7. The monoisotopic (exact) mass is 324 g/mol. The van der Waals surface area contributed by atoms with Crippen LogP contribution in [0.2, 0.25) is 5.02 Å². The lowest BCUT2D eigenvalue weighted by Gasteiger charge is -2.45. The lowest BCUT2D eigenvalue weighted by molar-refractivity contribution is -0.0893. The van der Waals surface area contributed by atoms with Gasteiger partial charge in [-0.1, -0.05) is 11.6 Å². The number of carbonyl (C=O) groups excluding carboxylic acids is 1. The summed E-state index contributed by atoms with van der Waals surface area (Å²) in [5.74, 6) is 0.549. The van der Waals surface area contributed by atoms with E-state index in [-0.39, 0.29) is 18.1 Å². The molecular weight excluding hydrogens is 304 g/mol. The summed E-state index contributed by atoms with van der Waals surface area (Å²) in [6, 6.07) is 5.44. The summed E-state index contributed by atoms with van der Waals surface area (Å²) in [4.78, 5) is 16.9. The predicted octanol–water partition coefficient (Wildman–Crippen LogP) is 1.89. The largest absolute Gasteiger partial charge is 0.495 e. The number of carbonyl (C=O) groups is 1. The highest BCUT2D eigenvalue weighted by molar-refractivity contribution is 6.32. The molecule has 2 aliphatic rings. The van der Waals surface area contributed by atoms with Crippen LogP contribution in [0.5, 0.6) is 5.75 Å². The van der Waals surface area contributed by atoms with Gasteiger partial charge in [0.2, 0.25) is 0 Å². The SMILES string of the molecule is COc1cc(C(=O)N2CC[C@H]3OCCN(C)[C@@H]3C2)ccc1Cl. The Balaban J connectivity index is 1.75. The number of nitrogens with zero attached hydrogens (tertiary/aromatic N) is 2. The molecule has 0 spiro atoms. The van der Waals surface area contributed by atoms with Crippen molar-refractivity contribution in [1.82, 2.24) is 9.80 Å². The van der Waals surface area contributed by atoms with Crippen molar-refractivity contribution >= 4 is 17.5 Å². The van der Waals surface area contributed by atoms with Gasteiger partial charge in [0.05, 0.1) is 30.9 Å². The number of morpholine rings is 1. The molecule has 0 radical (unpaired) electrons. The van der Waals surface area contributed by atoms with Crippen LogP contribution in [-0.4, -0.2) is 68.3 Å². The number of piperidine rings is 1. The molecule has 2 atom stereocenters. The Labute approximate surface area is 135 Å². The molecule has 2 heterocycles. The summed E-state index contributed by atoms with van der Waals surface area (Å²) in [5, 5.41) is 0.512. The molecule has 3 rings (SSSR count). The van der Waals surface area contributed by atoms with E-state index in [9.17, 15) is 4.79 Å².